The monoisotopic (exact) mass is 228 g/mol. The number of hydrogen-bond donors (Lipinski definition) is 1. The summed E-state index contributed by atoms with van der Waals surface area (Å²) in [6, 6.07) is 0. The lowest BCUT2D eigenvalue weighted by atomic mass is 10.6. The van der Waals surface area contributed by atoms with E-state index >= 15 is 0 Å². The Bertz CT molecular complexity index is 286. The van der Waals surface area contributed by atoms with Crippen molar-refractivity contribution in [3.63, 3.8) is 0 Å². The van der Waals surface area contributed by atoms with E-state index in [9.17, 15) is 14.4 Å². The van der Waals surface area contributed by atoms with Crippen LogP contribution in [0.5, 0.6) is 0 Å². The number of cyclic esters (lactones) is 2. The molecule has 6 heteroatoms. The van der Waals surface area contributed by atoms with Crippen LogP contribution in [0.2, 0.25) is 0 Å². The highest BCUT2D eigenvalue weighted by atomic mass is 16.6. The Kier molecular flexibility index (Phi) is 10.8. The highest BCUT2D eigenvalue weighted by Crippen LogP contribution is 1.92. The van der Waals surface area contributed by atoms with Gasteiger partial charge in [0.1, 0.15) is 0 Å². The predicted octanol–water partition coefficient (Wildman–Crippen LogP) is 0.659. The average molecular weight is 228 g/mol. The first-order valence-corrected chi connectivity index (χ1v) is 3.90. The number of methoxy groups -OCH3 is 1. The largest absolute Gasteiger partial charge is 0.505 e. The van der Waals surface area contributed by atoms with Gasteiger partial charge in [-0.1, -0.05) is 13.2 Å². The van der Waals surface area contributed by atoms with Gasteiger partial charge in [0.05, 0.1) is 13.4 Å². The Morgan fingerprint density at radius 2 is 1.69 bits per heavy atom. The average Bonchev–Trinajstić information content (AvgIpc) is 2.63. The number of aliphatic carboxylic acids is 1. The molecule has 1 aliphatic heterocycles. The number of carbonyl (C=O) groups is 3. The van der Waals surface area contributed by atoms with E-state index < -0.39 is 17.9 Å². The van der Waals surface area contributed by atoms with E-state index in [0.29, 0.717) is 0 Å². The van der Waals surface area contributed by atoms with E-state index in [0.717, 1.165) is 18.2 Å². The van der Waals surface area contributed by atoms with Gasteiger partial charge in [-0.2, -0.15) is 0 Å². The SMILES string of the molecule is C=CC(=O)O.C=COC.O=C1C=CC(=O)O1. The highest BCUT2D eigenvalue weighted by Gasteiger charge is 2.10. The van der Waals surface area contributed by atoms with Crippen molar-refractivity contribution in [2.24, 2.45) is 0 Å². The molecule has 1 N–H and O–H groups in total. The molecule has 0 amide bonds. The Morgan fingerprint density at radius 1 is 1.38 bits per heavy atom. The molecule has 0 atom stereocenters. The minimum absolute atomic E-state index is 0.579. The van der Waals surface area contributed by atoms with Crippen LogP contribution in [-0.4, -0.2) is 30.1 Å². The molecule has 1 heterocycles. The summed E-state index contributed by atoms with van der Waals surface area (Å²) in [4.78, 5) is 29.1. The van der Waals surface area contributed by atoms with Crippen LogP contribution in [0.4, 0.5) is 0 Å². The number of carboxylic acids is 1. The van der Waals surface area contributed by atoms with Crippen molar-refractivity contribution in [2.45, 2.75) is 0 Å². The third kappa shape index (κ3) is 14.2. The Balaban J connectivity index is 0. The van der Waals surface area contributed by atoms with E-state index in [1.807, 2.05) is 0 Å². The fourth-order valence-electron chi connectivity index (χ4n) is 0.303. The van der Waals surface area contributed by atoms with Crippen LogP contribution in [0.15, 0.2) is 37.6 Å². The molecule has 1 rings (SSSR count). The second-order valence-corrected chi connectivity index (χ2v) is 2.02. The summed E-state index contributed by atoms with van der Waals surface area (Å²) in [7, 11) is 1.56. The second kappa shape index (κ2) is 10.7. The molecule has 0 saturated carbocycles. The van der Waals surface area contributed by atoms with Crippen LogP contribution in [0, 0.1) is 0 Å². The molecular weight excluding hydrogens is 216 g/mol. The third-order valence-electron chi connectivity index (χ3n) is 0.898. The van der Waals surface area contributed by atoms with Crippen LogP contribution >= 0.6 is 0 Å². The number of esters is 2. The van der Waals surface area contributed by atoms with Gasteiger partial charge in [-0.25, -0.2) is 14.4 Å². The molecule has 88 valence electrons. The summed E-state index contributed by atoms with van der Waals surface area (Å²) in [6.45, 7) is 6.22. The zero-order chi connectivity index (χ0) is 13.0. The lowest BCUT2D eigenvalue weighted by Gasteiger charge is -1.80. The van der Waals surface area contributed by atoms with Crippen molar-refractivity contribution in [2.75, 3.05) is 7.11 Å². The molecule has 0 fully saturated rings. The standard InChI is InChI=1S/C4H2O3.C3H4O2.C3H6O/c5-3-1-2-4(6)7-3;1-2-3(4)5;1-3-4-2/h1-2H;2H,1H2,(H,4,5);3H,1H2,2H3. The van der Waals surface area contributed by atoms with Crippen LogP contribution in [-0.2, 0) is 23.9 Å². The molecule has 16 heavy (non-hydrogen) atoms. The summed E-state index contributed by atoms with van der Waals surface area (Å²) < 4.78 is 8.28. The minimum atomic E-state index is -0.981. The topological polar surface area (TPSA) is 89.9 Å². The van der Waals surface area contributed by atoms with Crippen molar-refractivity contribution in [3.05, 3.63) is 37.6 Å². The summed E-state index contributed by atoms with van der Waals surface area (Å²) in [5, 5.41) is 7.60. The molecule has 0 aromatic carbocycles. The first-order chi connectivity index (χ1) is 7.47. The molecule has 0 aromatic heterocycles. The Morgan fingerprint density at radius 3 is 1.75 bits per heavy atom. The maximum Gasteiger partial charge on any atom is 0.338 e. The van der Waals surface area contributed by atoms with Gasteiger partial charge in [0, 0.05) is 18.2 Å². The van der Waals surface area contributed by atoms with Gasteiger partial charge >= 0.3 is 17.9 Å². The summed E-state index contributed by atoms with van der Waals surface area (Å²) >= 11 is 0. The van der Waals surface area contributed by atoms with E-state index in [2.05, 4.69) is 22.6 Å². The van der Waals surface area contributed by atoms with Gasteiger partial charge < -0.3 is 14.6 Å². The molecule has 0 radical (unpaired) electrons. The van der Waals surface area contributed by atoms with Gasteiger partial charge in [0.25, 0.3) is 0 Å². The van der Waals surface area contributed by atoms with E-state index in [-0.39, 0.29) is 0 Å². The Hall–Kier alpha value is -2.37. The summed E-state index contributed by atoms with van der Waals surface area (Å²) in [5.41, 5.74) is 0. The molecule has 0 bridgehead atoms. The second-order valence-electron chi connectivity index (χ2n) is 2.02. The van der Waals surface area contributed by atoms with Crippen molar-refractivity contribution in [3.8, 4) is 0 Å². The maximum absolute atomic E-state index is 9.92. The van der Waals surface area contributed by atoms with Gasteiger partial charge in [0.15, 0.2) is 0 Å². The zero-order valence-electron chi connectivity index (χ0n) is 8.71. The number of carbonyl (C=O) groups excluding carboxylic acids is 2. The molecule has 0 aliphatic carbocycles. The molecule has 0 spiro atoms. The van der Waals surface area contributed by atoms with Gasteiger partial charge in [-0.15, -0.1) is 0 Å². The number of carboxylic acid groups (broad SMARTS) is 1. The van der Waals surface area contributed by atoms with Crippen molar-refractivity contribution >= 4 is 17.9 Å². The van der Waals surface area contributed by atoms with E-state index in [1.165, 1.54) is 6.26 Å². The normalized spacial score (nSPS) is 11.1. The molecular formula is C10H12O6. The highest BCUT2D eigenvalue weighted by molar-refractivity contribution is 6.04. The number of hydrogen-bond acceptors (Lipinski definition) is 5. The molecule has 1 aliphatic rings. The van der Waals surface area contributed by atoms with Gasteiger partial charge in [-0.3, -0.25) is 0 Å². The van der Waals surface area contributed by atoms with Crippen LogP contribution in [0.3, 0.4) is 0 Å². The predicted molar refractivity (Wildman–Crippen MR) is 55.3 cm³/mol. The van der Waals surface area contributed by atoms with E-state index in [1.54, 1.807) is 7.11 Å². The van der Waals surface area contributed by atoms with Gasteiger partial charge in [0.2, 0.25) is 0 Å². The summed E-state index contributed by atoms with van der Waals surface area (Å²) in [6.07, 6.45) is 4.38. The molecule has 0 aromatic rings. The minimum Gasteiger partial charge on any atom is -0.505 e. The Labute approximate surface area is 92.5 Å². The van der Waals surface area contributed by atoms with E-state index in [4.69, 9.17) is 5.11 Å². The quantitative estimate of drug-likeness (QED) is 0.323. The third-order valence-corrected chi connectivity index (χ3v) is 0.898. The van der Waals surface area contributed by atoms with Crippen molar-refractivity contribution < 1.29 is 29.0 Å². The van der Waals surface area contributed by atoms with Crippen LogP contribution < -0.4 is 0 Å². The number of ether oxygens (including phenoxy) is 2. The molecule has 0 unspecified atom stereocenters. The fraction of sp³-hybridized carbons (Fsp3) is 0.100. The zero-order valence-corrected chi connectivity index (χ0v) is 8.71. The van der Waals surface area contributed by atoms with Crippen LogP contribution in [0.25, 0.3) is 0 Å². The fourth-order valence-corrected chi connectivity index (χ4v) is 0.303. The van der Waals surface area contributed by atoms with Crippen molar-refractivity contribution in [1.29, 1.82) is 0 Å². The smallest absolute Gasteiger partial charge is 0.338 e. The first-order valence-electron chi connectivity index (χ1n) is 3.90. The van der Waals surface area contributed by atoms with Gasteiger partial charge in [-0.05, 0) is 0 Å². The maximum atomic E-state index is 9.92. The number of rotatable bonds is 2. The summed E-state index contributed by atoms with van der Waals surface area (Å²) in [5.74, 6) is -2.14. The molecule has 6 nitrogen and oxygen atoms in total. The first kappa shape index (κ1) is 16.1. The lowest BCUT2D eigenvalue weighted by Crippen LogP contribution is -1.96. The molecule has 0 saturated heterocycles. The van der Waals surface area contributed by atoms with Crippen LogP contribution in [0.1, 0.15) is 0 Å². The lowest BCUT2D eigenvalue weighted by molar-refractivity contribution is -0.150. The van der Waals surface area contributed by atoms with Crippen molar-refractivity contribution in [1.82, 2.24) is 0 Å².